The van der Waals surface area contributed by atoms with Crippen LogP contribution in [0, 0.1) is 6.92 Å². The van der Waals surface area contributed by atoms with Gasteiger partial charge in [0.15, 0.2) is 5.78 Å². The zero-order chi connectivity index (χ0) is 34.8. The van der Waals surface area contributed by atoms with Gasteiger partial charge in [-0.2, -0.15) is 0 Å². The highest BCUT2D eigenvalue weighted by molar-refractivity contribution is 7.75. The van der Waals surface area contributed by atoms with E-state index in [0.717, 1.165) is 6.42 Å². The molecule has 0 saturated heterocycles. The molecule has 0 unspecified atom stereocenters. The third kappa shape index (κ3) is 13.6. The Balaban J connectivity index is 0.00000833. The van der Waals surface area contributed by atoms with Gasteiger partial charge < -0.3 is 31.9 Å². The average molecular weight is 762 g/mol. The number of aryl methyl sites for hydroxylation is 1. The molecular formula is C42H66BrO5P. The minimum atomic E-state index is -1.13. The van der Waals surface area contributed by atoms with E-state index in [4.69, 9.17) is 4.74 Å². The number of aromatic hydroxyl groups is 2. The molecule has 49 heavy (non-hydrogen) atoms. The number of ketones is 2. The lowest BCUT2D eigenvalue weighted by molar-refractivity contribution is -0.0000270. The topological polar surface area (TPSA) is 83.8 Å². The van der Waals surface area contributed by atoms with Crippen LogP contribution in [0.1, 0.15) is 180 Å². The van der Waals surface area contributed by atoms with Crippen molar-refractivity contribution in [3.63, 3.8) is 0 Å². The number of fused-ring (bicyclic) bond motifs is 2. The van der Waals surface area contributed by atoms with E-state index in [1.165, 1.54) is 152 Å². The van der Waals surface area contributed by atoms with Crippen LogP contribution in [0.25, 0.3) is 0 Å². The Hall–Kier alpha value is -1.91. The normalized spacial score (nSPS) is 12.5. The van der Waals surface area contributed by atoms with Crippen molar-refractivity contribution in [1.29, 1.82) is 0 Å². The maximum absolute atomic E-state index is 13.4. The van der Waals surface area contributed by atoms with Crippen LogP contribution in [-0.2, 0) is 0 Å². The Labute approximate surface area is 309 Å². The van der Waals surface area contributed by atoms with Gasteiger partial charge in [-0.05, 0) is 69.2 Å². The SMILES string of the molecule is CCCCCCCC[P+](CCCCCCCC)(CCCCCCCC)CCCOc1cc(O)c2c(c1)C(=O)c1cc(C)cc(O)c1C2=O.[Br-]. The number of carbonyl (C=O) groups excluding carboxylic acids is 2. The van der Waals surface area contributed by atoms with Gasteiger partial charge in [-0.1, -0.05) is 97.8 Å². The molecule has 2 aromatic carbocycles. The number of unbranched alkanes of at least 4 members (excludes halogenated alkanes) is 15. The highest BCUT2D eigenvalue weighted by atomic mass is 79.9. The minimum absolute atomic E-state index is 0. The first kappa shape index (κ1) is 43.3. The molecule has 0 fully saturated rings. The summed E-state index contributed by atoms with van der Waals surface area (Å²) in [5.41, 5.74) is 0.921. The molecule has 0 radical (unpaired) electrons. The molecule has 1 aliphatic carbocycles. The van der Waals surface area contributed by atoms with Crippen molar-refractivity contribution in [3.8, 4) is 17.2 Å². The molecule has 3 rings (SSSR count). The summed E-state index contributed by atoms with van der Waals surface area (Å²) in [6.07, 6.45) is 30.6. The number of hydrogen-bond donors (Lipinski definition) is 2. The third-order valence-corrected chi connectivity index (χ3v) is 15.4. The summed E-state index contributed by atoms with van der Waals surface area (Å²) in [5, 5.41) is 21.3. The van der Waals surface area contributed by atoms with Gasteiger partial charge in [0.05, 0.1) is 42.4 Å². The van der Waals surface area contributed by atoms with Crippen LogP contribution in [0.3, 0.4) is 0 Å². The van der Waals surface area contributed by atoms with Crippen LogP contribution >= 0.6 is 7.26 Å². The fourth-order valence-electron chi connectivity index (χ4n) is 7.50. The summed E-state index contributed by atoms with van der Waals surface area (Å²) in [4.78, 5) is 26.7. The summed E-state index contributed by atoms with van der Waals surface area (Å²) >= 11 is 0. The van der Waals surface area contributed by atoms with Crippen LogP contribution in [-0.4, -0.2) is 53.0 Å². The molecule has 5 nitrogen and oxygen atoms in total. The Morgan fingerprint density at radius 2 is 0.939 bits per heavy atom. The van der Waals surface area contributed by atoms with E-state index in [-0.39, 0.29) is 56.5 Å². The maximum atomic E-state index is 13.4. The smallest absolute Gasteiger partial charge is 0.201 e. The molecule has 0 aromatic heterocycles. The second kappa shape index (κ2) is 23.5. The minimum Gasteiger partial charge on any atom is -1.00 e. The fraction of sp³-hybridized carbons (Fsp3) is 0.667. The van der Waals surface area contributed by atoms with Crippen molar-refractivity contribution in [2.45, 2.75) is 150 Å². The van der Waals surface area contributed by atoms with Gasteiger partial charge in [0, 0.05) is 30.9 Å². The standard InChI is InChI=1S/C42H65O5P.BrH/c1-5-8-11-14-17-20-25-48(26-21-18-15-12-9-6-2,27-22-19-16-13-10-7-3)28-23-24-47-34-31-36-40(38(44)32-34)42(46)39-35(41(36)45)29-33(4)30-37(39)43;/h29-32H,5-28H2,1-4H3,(H-,43,44,46);1H. The molecule has 0 saturated carbocycles. The molecule has 1 aliphatic rings. The zero-order valence-electron chi connectivity index (χ0n) is 31.2. The first-order valence-electron chi connectivity index (χ1n) is 19.5. The van der Waals surface area contributed by atoms with Gasteiger partial charge in [0.25, 0.3) is 0 Å². The van der Waals surface area contributed by atoms with Crippen molar-refractivity contribution < 1.29 is 41.5 Å². The Morgan fingerprint density at radius 1 is 0.531 bits per heavy atom. The predicted octanol–water partition coefficient (Wildman–Crippen LogP) is 9.05. The average Bonchev–Trinajstić information content (AvgIpc) is 3.06. The molecular weight excluding hydrogens is 695 g/mol. The molecule has 0 spiro atoms. The Kier molecular flexibility index (Phi) is 20.8. The van der Waals surface area contributed by atoms with Crippen LogP contribution in [0.2, 0.25) is 0 Å². The third-order valence-electron chi connectivity index (χ3n) is 10.3. The van der Waals surface area contributed by atoms with Crippen molar-refractivity contribution >= 4 is 18.8 Å². The second-order valence-electron chi connectivity index (χ2n) is 14.5. The van der Waals surface area contributed by atoms with Gasteiger partial charge in [0.1, 0.15) is 17.2 Å². The molecule has 0 heterocycles. The summed E-state index contributed by atoms with van der Waals surface area (Å²) < 4.78 is 6.22. The number of carbonyl (C=O) groups is 2. The van der Waals surface area contributed by atoms with Crippen LogP contribution < -0.4 is 21.7 Å². The van der Waals surface area contributed by atoms with Gasteiger partial charge >= 0.3 is 0 Å². The number of rotatable bonds is 26. The van der Waals surface area contributed by atoms with E-state index in [2.05, 4.69) is 20.8 Å². The zero-order valence-corrected chi connectivity index (χ0v) is 33.7. The lowest BCUT2D eigenvalue weighted by Gasteiger charge is -2.28. The fourth-order valence-corrected chi connectivity index (χ4v) is 12.3. The van der Waals surface area contributed by atoms with Gasteiger partial charge in [0.2, 0.25) is 5.78 Å². The van der Waals surface area contributed by atoms with Crippen molar-refractivity contribution in [1.82, 2.24) is 0 Å². The molecule has 0 atom stereocenters. The number of halogens is 1. The summed E-state index contributed by atoms with van der Waals surface area (Å²) in [6, 6.07) is 6.15. The monoisotopic (exact) mass is 760 g/mol. The predicted molar refractivity (Wildman–Crippen MR) is 204 cm³/mol. The van der Waals surface area contributed by atoms with Gasteiger partial charge in [-0.15, -0.1) is 0 Å². The van der Waals surface area contributed by atoms with Gasteiger partial charge in [-0.3, -0.25) is 9.59 Å². The van der Waals surface area contributed by atoms with E-state index >= 15 is 0 Å². The molecule has 2 aromatic rings. The first-order chi connectivity index (χ1) is 23.3. The number of phenolic OH excluding ortho intramolecular Hbond substituents is 2. The van der Waals surface area contributed by atoms with Crippen LogP contribution in [0.15, 0.2) is 24.3 Å². The van der Waals surface area contributed by atoms with E-state index < -0.39 is 13.0 Å². The molecule has 0 aliphatic heterocycles. The van der Waals surface area contributed by atoms with Crippen molar-refractivity contribution in [3.05, 3.63) is 52.1 Å². The Bertz CT molecular complexity index is 1250. The van der Waals surface area contributed by atoms with Gasteiger partial charge in [-0.25, -0.2) is 0 Å². The van der Waals surface area contributed by atoms with E-state index in [0.29, 0.717) is 17.9 Å². The first-order valence-corrected chi connectivity index (χ1v) is 22.1. The maximum Gasteiger partial charge on any atom is 0.201 e. The van der Waals surface area contributed by atoms with Crippen molar-refractivity contribution in [2.24, 2.45) is 0 Å². The summed E-state index contributed by atoms with van der Waals surface area (Å²) in [7, 11) is -1.13. The van der Waals surface area contributed by atoms with Crippen molar-refractivity contribution in [2.75, 3.05) is 31.3 Å². The number of ether oxygens (including phenoxy) is 1. The number of benzene rings is 2. The number of phenols is 2. The summed E-state index contributed by atoms with van der Waals surface area (Å²) in [6.45, 7) is 9.16. The number of hydrogen-bond acceptors (Lipinski definition) is 5. The quantitative estimate of drug-likeness (QED) is 0.0631. The molecule has 0 amide bonds. The lowest BCUT2D eigenvalue weighted by Crippen LogP contribution is -3.00. The van der Waals surface area contributed by atoms with E-state index in [9.17, 15) is 19.8 Å². The highest BCUT2D eigenvalue weighted by Gasteiger charge is 2.36. The Morgan fingerprint density at radius 3 is 1.43 bits per heavy atom. The molecule has 7 heteroatoms. The molecule has 276 valence electrons. The van der Waals surface area contributed by atoms with E-state index in [1.807, 2.05) is 0 Å². The molecule has 0 bridgehead atoms. The second-order valence-corrected chi connectivity index (χ2v) is 18.9. The molecule has 2 N–H and O–H groups in total. The lowest BCUT2D eigenvalue weighted by atomic mass is 9.82. The van der Waals surface area contributed by atoms with Crippen LogP contribution in [0.5, 0.6) is 17.2 Å². The highest BCUT2D eigenvalue weighted by Crippen LogP contribution is 2.61. The van der Waals surface area contributed by atoms with Crippen LogP contribution in [0.4, 0.5) is 0 Å². The summed E-state index contributed by atoms with van der Waals surface area (Å²) in [5.74, 6) is -0.999. The van der Waals surface area contributed by atoms with E-state index in [1.54, 1.807) is 19.1 Å². The largest absolute Gasteiger partial charge is 1.00 e.